The van der Waals surface area contributed by atoms with Crippen molar-refractivity contribution in [3.05, 3.63) is 0 Å². The number of hydrogen-bond donors (Lipinski definition) is 0. The minimum absolute atomic E-state index is 0.0172. The van der Waals surface area contributed by atoms with Gasteiger partial charge in [-0.05, 0) is 39.5 Å². The summed E-state index contributed by atoms with van der Waals surface area (Å²) in [6, 6.07) is 0. The standard InChI is InChI=1S/C14H24O5/c1-4-17-14(16)12-5-7-13(8-6-12)19-10(2)9-18-11(3)15/h10,12-13H,4-9H2,1-3H3/t10?,12-,13+. The van der Waals surface area contributed by atoms with Crippen molar-refractivity contribution in [2.24, 2.45) is 5.92 Å². The fourth-order valence-electron chi connectivity index (χ4n) is 2.30. The molecule has 110 valence electrons. The maximum absolute atomic E-state index is 11.6. The summed E-state index contributed by atoms with van der Waals surface area (Å²) in [5, 5.41) is 0. The summed E-state index contributed by atoms with van der Waals surface area (Å²) >= 11 is 0. The predicted octanol–water partition coefficient (Wildman–Crippen LogP) is 2.08. The molecule has 19 heavy (non-hydrogen) atoms. The molecule has 0 amide bonds. The number of rotatable bonds is 6. The van der Waals surface area contributed by atoms with Crippen LogP contribution in [0.3, 0.4) is 0 Å². The Bertz CT molecular complexity index is 294. The zero-order valence-corrected chi connectivity index (χ0v) is 12.0. The SMILES string of the molecule is CCOC(=O)[C@H]1CC[C@@H](OC(C)COC(C)=O)CC1. The van der Waals surface area contributed by atoms with Crippen LogP contribution in [0.2, 0.25) is 0 Å². The first kappa shape index (κ1) is 16.0. The molecule has 1 atom stereocenters. The van der Waals surface area contributed by atoms with Crippen molar-refractivity contribution in [3.63, 3.8) is 0 Å². The molecule has 5 heteroatoms. The van der Waals surface area contributed by atoms with Gasteiger partial charge in [-0.3, -0.25) is 9.59 Å². The number of carbonyl (C=O) groups excluding carboxylic acids is 2. The second-order valence-corrected chi connectivity index (χ2v) is 4.97. The van der Waals surface area contributed by atoms with Crippen LogP contribution < -0.4 is 0 Å². The number of hydrogen-bond acceptors (Lipinski definition) is 5. The summed E-state index contributed by atoms with van der Waals surface area (Å²) in [7, 11) is 0. The van der Waals surface area contributed by atoms with Crippen LogP contribution in [-0.2, 0) is 23.8 Å². The van der Waals surface area contributed by atoms with Crippen molar-refractivity contribution < 1.29 is 23.8 Å². The molecule has 0 saturated heterocycles. The van der Waals surface area contributed by atoms with Gasteiger partial charge in [-0.1, -0.05) is 0 Å². The fraction of sp³-hybridized carbons (Fsp3) is 0.857. The third-order valence-electron chi connectivity index (χ3n) is 3.24. The van der Waals surface area contributed by atoms with Gasteiger partial charge in [0.05, 0.1) is 24.7 Å². The maximum Gasteiger partial charge on any atom is 0.308 e. The van der Waals surface area contributed by atoms with Gasteiger partial charge < -0.3 is 14.2 Å². The van der Waals surface area contributed by atoms with Crippen molar-refractivity contribution in [1.29, 1.82) is 0 Å². The van der Waals surface area contributed by atoms with Crippen molar-refractivity contribution in [2.45, 2.75) is 58.7 Å². The molecule has 0 spiro atoms. The molecule has 1 rings (SSSR count). The molecule has 1 aliphatic carbocycles. The van der Waals surface area contributed by atoms with Crippen LogP contribution in [0.15, 0.2) is 0 Å². The maximum atomic E-state index is 11.6. The van der Waals surface area contributed by atoms with E-state index in [4.69, 9.17) is 14.2 Å². The third kappa shape index (κ3) is 6.05. The highest BCUT2D eigenvalue weighted by molar-refractivity contribution is 5.72. The molecule has 0 bridgehead atoms. The zero-order chi connectivity index (χ0) is 14.3. The van der Waals surface area contributed by atoms with Gasteiger partial charge in [0, 0.05) is 6.92 Å². The Hall–Kier alpha value is -1.10. The second kappa shape index (κ2) is 8.15. The van der Waals surface area contributed by atoms with E-state index in [-0.39, 0.29) is 36.7 Å². The van der Waals surface area contributed by atoms with Gasteiger partial charge in [0.1, 0.15) is 6.61 Å². The Labute approximate surface area is 114 Å². The Morgan fingerprint density at radius 1 is 1.16 bits per heavy atom. The predicted molar refractivity (Wildman–Crippen MR) is 69.6 cm³/mol. The first-order valence-corrected chi connectivity index (χ1v) is 6.98. The zero-order valence-electron chi connectivity index (χ0n) is 12.0. The van der Waals surface area contributed by atoms with E-state index >= 15 is 0 Å². The molecule has 0 radical (unpaired) electrons. The summed E-state index contributed by atoms with van der Waals surface area (Å²) in [6.07, 6.45) is 3.37. The minimum atomic E-state index is -0.290. The smallest absolute Gasteiger partial charge is 0.308 e. The molecule has 0 aromatic heterocycles. The van der Waals surface area contributed by atoms with Crippen LogP contribution in [0.1, 0.15) is 46.5 Å². The lowest BCUT2D eigenvalue weighted by Gasteiger charge is -2.29. The Morgan fingerprint density at radius 2 is 1.79 bits per heavy atom. The Balaban J connectivity index is 2.22. The van der Waals surface area contributed by atoms with E-state index in [9.17, 15) is 9.59 Å². The molecule has 0 aliphatic heterocycles. The van der Waals surface area contributed by atoms with E-state index in [0.717, 1.165) is 25.7 Å². The second-order valence-electron chi connectivity index (χ2n) is 4.97. The quantitative estimate of drug-likeness (QED) is 0.693. The lowest BCUT2D eigenvalue weighted by atomic mass is 9.87. The minimum Gasteiger partial charge on any atom is -0.466 e. The summed E-state index contributed by atoms with van der Waals surface area (Å²) in [5.74, 6) is -0.362. The van der Waals surface area contributed by atoms with E-state index in [0.29, 0.717) is 6.61 Å². The van der Waals surface area contributed by atoms with Crippen LogP contribution in [0, 0.1) is 5.92 Å². The van der Waals surface area contributed by atoms with Crippen LogP contribution in [0.4, 0.5) is 0 Å². The van der Waals surface area contributed by atoms with Crippen LogP contribution >= 0.6 is 0 Å². The van der Waals surface area contributed by atoms with Gasteiger partial charge in [-0.25, -0.2) is 0 Å². The van der Waals surface area contributed by atoms with E-state index in [1.165, 1.54) is 6.92 Å². The van der Waals surface area contributed by atoms with Gasteiger partial charge >= 0.3 is 11.9 Å². The summed E-state index contributed by atoms with van der Waals surface area (Å²) in [5.41, 5.74) is 0. The molecule has 1 fully saturated rings. The highest BCUT2D eigenvalue weighted by atomic mass is 16.6. The molecule has 1 aliphatic rings. The Kier molecular flexibility index (Phi) is 6.84. The highest BCUT2D eigenvalue weighted by Crippen LogP contribution is 2.27. The van der Waals surface area contributed by atoms with Crippen LogP contribution in [0.25, 0.3) is 0 Å². The number of esters is 2. The summed E-state index contributed by atoms with van der Waals surface area (Å²) in [6.45, 7) is 5.82. The normalized spacial score (nSPS) is 24.6. The lowest BCUT2D eigenvalue weighted by Crippen LogP contribution is -2.31. The van der Waals surface area contributed by atoms with Crippen molar-refractivity contribution >= 4 is 11.9 Å². The molecule has 1 saturated carbocycles. The van der Waals surface area contributed by atoms with Crippen molar-refractivity contribution in [1.82, 2.24) is 0 Å². The molecule has 0 heterocycles. The molecular weight excluding hydrogens is 248 g/mol. The molecular formula is C14H24O5. The molecule has 5 nitrogen and oxygen atoms in total. The lowest BCUT2D eigenvalue weighted by molar-refractivity contribution is -0.153. The topological polar surface area (TPSA) is 61.8 Å². The van der Waals surface area contributed by atoms with Crippen molar-refractivity contribution in [3.8, 4) is 0 Å². The van der Waals surface area contributed by atoms with Crippen LogP contribution in [0.5, 0.6) is 0 Å². The van der Waals surface area contributed by atoms with Gasteiger partial charge in [-0.2, -0.15) is 0 Å². The van der Waals surface area contributed by atoms with Gasteiger partial charge in [0.15, 0.2) is 0 Å². The van der Waals surface area contributed by atoms with E-state index < -0.39 is 0 Å². The fourth-order valence-corrected chi connectivity index (χ4v) is 2.30. The highest BCUT2D eigenvalue weighted by Gasteiger charge is 2.28. The van der Waals surface area contributed by atoms with E-state index in [1.54, 1.807) is 0 Å². The van der Waals surface area contributed by atoms with Gasteiger partial charge in [-0.15, -0.1) is 0 Å². The number of ether oxygens (including phenoxy) is 3. The molecule has 0 N–H and O–H groups in total. The molecule has 0 aromatic rings. The monoisotopic (exact) mass is 272 g/mol. The van der Waals surface area contributed by atoms with Crippen LogP contribution in [-0.4, -0.2) is 37.4 Å². The van der Waals surface area contributed by atoms with Gasteiger partial charge in [0.2, 0.25) is 0 Å². The third-order valence-corrected chi connectivity index (χ3v) is 3.24. The average molecular weight is 272 g/mol. The first-order valence-electron chi connectivity index (χ1n) is 6.98. The average Bonchev–Trinajstić information content (AvgIpc) is 2.37. The Morgan fingerprint density at radius 3 is 2.32 bits per heavy atom. The van der Waals surface area contributed by atoms with E-state index in [2.05, 4.69) is 0 Å². The summed E-state index contributed by atoms with van der Waals surface area (Å²) < 4.78 is 15.7. The number of carbonyl (C=O) groups is 2. The van der Waals surface area contributed by atoms with Gasteiger partial charge in [0.25, 0.3) is 0 Å². The largest absolute Gasteiger partial charge is 0.466 e. The first-order chi connectivity index (χ1) is 9.02. The molecule has 1 unspecified atom stereocenters. The van der Waals surface area contributed by atoms with Crippen molar-refractivity contribution in [2.75, 3.05) is 13.2 Å². The van der Waals surface area contributed by atoms with E-state index in [1.807, 2.05) is 13.8 Å². The molecule has 0 aromatic carbocycles. The summed E-state index contributed by atoms with van der Waals surface area (Å²) in [4.78, 5) is 22.3.